The van der Waals surface area contributed by atoms with E-state index in [0.29, 0.717) is 11.6 Å². The molecule has 22 heavy (non-hydrogen) atoms. The van der Waals surface area contributed by atoms with Gasteiger partial charge < -0.3 is 15.1 Å². The van der Waals surface area contributed by atoms with E-state index in [2.05, 4.69) is 20.2 Å². The standard InChI is InChI=1S/C16H21N5O/c1-20(2)12-11-18-16-17-10-9-14(19-16)15(22)21(3)13-7-5-4-6-8-13/h4-10H,11-12H2,1-3H3,(H,17,18,19). The van der Waals surface area contributed by atoms with E-state index in [-0.39, 0.29) is 5.91 Å². The molecule has 1 aromatic carbocycles. The number of rotatable bonds is 6. The Morgan fingerprint density at radius 2 is 1.86 bits per heavy atom. The molecule has 1 amide bonds. The van der Waals surface area contributed by atoms with Crippen LogP contribution in [0.25, 0.3) is 0 Å². The van der Waals surface area contributed by atoms with Crippen molar-refractivity contribution in [3.63, 3.8) is 0 Å². The van der Waals surface area contributed by atoms with Crippen molar-refractivity contribution in [1.29, 1.82) is 0 Å². The molecule has 0 aliphatic rings. The zero-order chi connectivity index (χ0) is 15.9. The molecule has 0 spiro atoms. The van der Waals surface area contributed by atoms with E-state index in [1.54, 1.807) is 24.2 Å². The molecule has 6 nitrogen and oxygen atoms in total. The number of carbonyl (C=O) groups excluding carboxylic acids is 1. The number of likely N-dealkylation sites (N-methyl/N-ethyl adjacent to an activating group) is 1. The summed E-state index contributed by atoms with van der Waals surface area (Å²) in [6.45, 7) is 1.59. The van der Waals surface area contributed by atoms with Crippen LogP contribution in [0.2, 0.25) is 0 Å². The van der Waals surface area contributed by atoms with Crippen molar-refractivity contribution in [2.24, 2.45) is 0 Å². The van der Waals surface area contributed by atoms with Crippen LogP contribution in [0.15, 0.2) is 42.6 Å². The van der Waals surface area contributed by atoms with Crippen molar-refractivity contribution in [2.45, 2.75) is 0 Å². The van der Waals surface area contributed by atoms with Crippen molar-refractivity contribution in [3.8, 4) is 0 Å². The van der Waals surface area contributed by atoms with E-state index in [0.717, 1.165) is 18.8 Å². The van der Waals surface area contributed by atoms with Crippen molar-refractivity contribution in [3.05, 3.63) is 48.3 Å². The molecule has 6 heteroatoms. The highest BCUT2D eigenvalue weighted by Crippen LogP contribution is 2.14. The second-order valence-corrected chi connectivity index (χ2v) is 5.20. The molecule has 0 saturated heterocycles. The molecule has 0 fully saturated rings. The van der Waals surface area contributed by atoms with Gasteiger partial charge in [0.15, 0.2) is 0 Å². The first-order valence-corrected chi connectivity index (χ1v) is 7.12. The monoisotopic (exact) mass is 299 g/mol. The van der Waals surface area contributed by atoms with Crippen LogP contribution in [0, 0.1) is 0 Å². The van der Waals surface area contributed by atoms with Crippen LogP contribution in [-0.4, -0.2) is 55.0 Å². The maximum Gasteiger partial charge on any atom is 0.276 e. The van der Waals surface area contributed by atoms with Crippen LogP contribution in [-0.2, 0) is 0 Å². The maximum atomic E-state index is 12.5. The molecule has 1 aromatic heterocycles. The second kappa shape index (κ2) is 7.51. The summed E-state index contributed by atoms with van der Waals surface area (Å²) in [5, 5.41) is 3.12. The lowest BCUT2D eigenvalue weighted by Gasteiger charge is -2.17. The number of hydrogen-bond donors (Lipinski definition) is 1. The van der Waals surface area contributed by atoms with Gasteiger partial charge in [0.05, 0.1) is 0 Å². The van der Waals surface area contributed by atoms with E-state index < -0.39 is 0 Å². The second-order valence-electron chi connectivity index (χ2n) is 5.20. The third kappa shape index (κ3) is 4.26. The molecule has 116 valence electrons. The lowest BCUT2D eigenvalue weighted by atomic mass is 10.2. The van der Waals surface area contributed by atoms with Gasteiger partial charge in [0.25, 0.3) is 5.91 Å². The Morgan fingerprint density at radius 3 is 2.55 bits per heavy atom. The fourth-order valence-corrected chi connectivity index (χ4v) is 1.89. The molecule has 2 aromatic rings. The summed E-state index contributed by atoms with van der Waals surface area (Å²) in [6.07, 6.45) is 1.59. The van der Waals surface area contributed by atoms with Gasteiger partial charge in [-0.15, -0.1) is 0 Å². The van der Waals surface area contributed by atoms with Gasteiger partial charge in [-0.3, -0.25) is 4.79 Å². The van der Waals surface area contributed by atoms with Crippen molar-refractivity contribution < 1.29 is 4.79 Å². The Morgan fingerprint density at radius 1 is 1.14 bits per heavy atom. The fourth-order valence-electron chi connectivity index (χ4n) is 1.89. The number of amides is 1. The van der Waals surface area contributed by atoms with E-state index in [4.69, 9.17) is 0 Å². The third-order valence-electron chi connectivity index (χ3n) is 3.16. The first-order valence-electron chi connectivity index (χ1n) is 7.12. The van der Waals surface area contributed by atoms with E-state index in [1.165, 1.54) is 0 Å². The Hall–Kier alpha value is -2.47. The van der Waals surface area contributed by atoms with E-state index in [1.807, 2.05) is 44.4 Å². The number of para-hydroxylation sites is 1. The number of aromatic nitrogens is 2. The molecule has 0 radical (unpaired) electrons. The van der Waals surface area contributed by atoms with Crippen molar-refractivity contribution in [1.82, 2.24) is 14.9 Å². The maximum absolute atomic E-state index is 12.5. The molecule has 1 heterocycles. The number of hydrogen-bond acceptors (Lipinski definition) is 5. The van der Waals surface area contributed by atoms with Gasteiger partial charge in [-0.05, 0) is 32.3 Å². The zero-order valence-corrected chi connectivity index (χ0v) is 13.2. The number of nitrogens with zero attached hydrogens (tertiary/aromatic N) is 4. The van der Waals surface area contributed by atoms with Gasteiger partial charge in [-0.1, -0.05) is 18.2 Å². The van der Waals surface area contributed by atoms with Crippen LogP contribution < -0.4 is 10.2 Å². The largest absolute Gasteiger partial charge is 0.353 e. The van der Waals surface area contributed by atoms with Gasteiger partial charge in [-0.25, -0.2) is 9.97 Å². The number of nitrogens with one attached hydrogen (secondary N) is 1. The Labute approximate surface area is 130 Å². The molecule has 1 N–H and O–H groups in total. The Balaban J connectivity index is 2.07. The predicted molar refractivity (Wildman–Crippen MR) is 88.3 cm³/mol. The average Bonchev–Trinajstić information content (AvgIpc) is 2.54. The van der Waals surface area contributed by atoms with Crippen LogP contribution in [0.3, 0.4) is 0 Å². The first-order chi connectivity index (χ1) is 10.6. The minimum atomic E-state index is -0.163. The van der Waals surface area contributed by atoms with Gasteiger partial charge in [-0.2, -0.15) is 0 Å². The molecule has 0 unspecified atom stereocenters. The van der Waals surface area contributed by atoms with Gasteiger partial charge in [0, 0.05) is 32.0 Å². The summed E-state index contributed by atoms with van der Waals surface area (Å²) < 4.78 is 0. The molecular weight excluding hydrogens is 278 g/mol. The summed E-state index contributed by atoms with van der Waals surface area (Å²) >= 11 is 0. The molecule has 0 bridgehead atoms. The fraction of sp³-hybridized carbons (Fsp3) is 0.312. The minimum Gasteiger partial charge on any atom is -0.353 e. The predicted octanol–water partition coefficient (Wildman–Crippen LogP) is 1.73. The summed E-state index contributed by atoms with van der Waals surface area (Å²) in [5.41, 5.74) is 1.20. The lowest BCUT2D eigenvalue weighted by Crippen LogP contribution is -2.27. The van der Waals surface area contributed by atoms with Gasteiger partial charge in [0.1, 0.15) is 5.69 Å². The zero-order valence-electron chi connectivity index (χ0n) is 13.2. The number of benzene rings is 1. The van der Waals surface area contributed by atoms with Gasteiger partial charge >= 0.3 is 0 Å². The summed E-state index contributed by atoms with van der Waals surface area (Å²) in [7, 11) is 5.73. The summed E-state index contributed by atoms with van der Waals surface area (Å²) in [5.74, 6) is 0.304. The van der Waals surface area contributed by atoms with E-state index in [9.17, 15) is 4.79 Å². The van der Waals surface area contributed by atoms with Crippen molar-refractivity contribution in [2.75, 3.05) is 44.4 Å². The quantitative estimate of drug-likeness (QED) is 0.880. The highest BCUT2D eigenvalue weighted by molar-refractivity contribution is 6.04. The smallest absolute Gasteiger partial charge is 0.276 e. The number of carbonyl (C=O) groups is 1. The van der Waals surface area contributed by atoms with Gasteiger partial charge in [0.2, 0.25) is 5.95 Å². The molecule has 0 aliphatic heterocycles. The molecule has 2 rings (SSSR count). The van der Waals surface area contributed by atoms with Crippen molar-refractivity contribution >= 4 is 17.5 Å². The average molecular weight is 299 g/mol. The van der Waals surface area contributed by atoms with Crippen LogP contribution in [0.1, 0.15) is 10.5 Å². The van der Waals surface area contributed by atoms with E-state index >= 15 is 0 Å². The normalized spacial score (nSPS) is 10.5. The first kappa shape index (κ1) is 15.9. The van der Waals surface area contributed by atoms with Crippen LogP contribution in [0.5, 0.6) is 0 Å². The van der Waals surface area contributed by atoms with Crippen LogP contribution in [0.4, 0.5) is 11.6 Å². The summed E-state index contributed by atoms with van der Waals surface area (Å²) in [4.78, 5) is 24.5. The highest BCUT2D eigenvalue weighted by atomic mass is 16.2. The third-order valence-corrected chi connectivity index (χ3v) is 3.16. The highest BCUT2D eigenvalue weighted by Gasteiger charge is 2.15. The molecular formula is C16H21N5O. The van der Waals surface area contributed by atoms with Crippen LogP contribution >= 0.6 is 0 Å². The summed E-state index contributed by atoms with van der Waals surface area (Å²) in [6, 6.07) is 11.1. The topological polar surface area (TPSA) is 61.4 Å². The lowest BCUT2D eigenvalue weighted by molar-refractivity contribution is 0.0988. The Bertz CT molecular complexity index is 615. The number of anilines is 2. The Kier molecular flexibility index (Phi) is 5.43. The SMILES string of the molecule is CN(C)CCNc1nccc(C(=O)N(C)c2ccccc2)n1. The molecule has 0 atom stereocenters. The molecule has 0 aliphatic carbocycles. The molecule has 0 saturated carbocycles. The minimum absolute atomic E-state index is 0.163.